The van der Waals surface area contributed by atoms with Gasteiger partial charge >= 0.3 is 0 Å². The Morgan fingerprint density at radius 3 is 1.93 bits per heavy atom. The molecule has 0 unspecified atom stereocenters. The molecule has 3 aromatic carbocycles. The van der Waals surface area contributed by atoms with Gasteiger partial charge in [0.1, 0.15) is 5.75 Å². The number of ketones is 2. The predicted octanol–water partition coefficient (Wildman–Crippen LogP) is 8.80. The Bertz CT molecular complexity index is 1700. The van der Waals surface area contributed by atoms with Crippen LogP contribution in [0.25, 0.3) is 0 Å². The van der Waals surface area contributed by atoms with Crippen molar-refractivity contribution in [2.75, 3.05) is 11.9 Å². The molecule has 1 heterocycles. The van der Waals surface area contributed by atoms with Crippen LogP contribution < -0.4 is 10.1 Å². The third-order valence-electron chi connectivity index (χ3n) is 9.33. The second-order valence-electron chi connectivity index (χ2n) is 14.4. The molecule has 238 valence electrons. The van der Waals surface area contributed by atoms with Crippen molar-refractivity contribution >= 4 is 34.8 Å². The number of hydrogen-bond donors (Lipinski definition) is 1. The molecule has 0 bridgehead atoms. The van der Waals surface area contributed by atoms with Gasteiger partial charge in [0.15, 0.2) is 18.2 Å². The number of halogens is 1. The van der Waals surface area contributed by atoms with Crippen molar-refractivity contribution < 1.29 is 19.1 Å². The van der Waals surface area contributed by atoms with E-state index < -0.39 is 5.92 Å². The number of rotatable bonds is 7. The average molecular weight is 637 g/mol. The van der Waals surface area contributed by atoms with E-state index >= 15 is 0 Å². The van der Waals surface area contributed by atoms with E-state index in [4.69, 9.17) is 16.3 Å². The van der Waals surface area contributed by atoms with Gasteiger partial charge in [-0.2, -0.15) is 0 Å². The number of hydrogen-bond acceptors (Lipinski definition) is 5. The summed E-state index contributed by atoms with van der Waals surface area (Å²) in [5.41, 5.74) is 5.53. The zero-order valence-electron chi connectivity index (χ0n) is 27.2. The molecule has 0 aromatic heterocycles. The molecular formula is C39H41ClN2O4. The van der Waals surface area contributed by atoms with E-state index in [1.165, 1.54) is 0 Å². The summed E-state index contributed by atoms with van der Waals surface area (Å²) in [6.07, 6.45) is 2.25. The summed E-state index contributed by atoms with van der Waals surface area (Å²) in [4.78, 5) is 43.2. The molecule has 7 heteroatoms. The number of benzene rings is 3. The van der Waals surface area contributed by atoms with Crippen LogP contribution in [0.4, 0.5) is 5.69 Å². The normalized spacial score (nSPS) is 19.8. The average Bonchev–Trinajstić information content (AvgIpc) is 2.99. The first kappa shape index (κ1) is 31.8. The molecule has 0 fully saturated rings. The molecule has 0 saturated heterocycles. The molecule has 1 aliphatic heterocycles. The Morgan fingerprint density at radius 1 is 0.848 bits per heavy atom. The molecule has 3 aliphatic rings. The highest BCUT2D eigenvalue weighted by atomic mass is 35.5. The van der Waals surface area contributed by atoms with Crippen LogP contribution in [0.2, 0.25) is 5.02 Å². The molecule has 1 amide bonds. The van der Waals surface area contributed by atoms with E-state index in [-0.39, 0.29) is 41.0 Å². The summed E-state index contributed by atoms with van der Waals surface area (Å²) in [6, 6.07) is 24.8. The Hall–Kier alpha value is -4.16. The summed E-state index contributed by atoms with van der Waals surface area (Å²) in [5, 5.41) is 3.13. The zero-order chi connectivity index (χ0) is 32.8. The van der Waals surface area contributed by atoms with Crippen molar-refractivity contribution in [1.29, 1.82) is 0 Å². The van der Waals surface area contributed by atoms with Gasteiger partial charge in [0.05, 0.1) is 11.1 Å². The van der Waals surface area contributed by atoms with E-state index in [0.717, 1.165) is 35.4 Å². The van der Waals surface area contributed by atoms with E-state index in [1.807, 2.05) is 42.5 Å². The van der Waals surface area contributed by atoms with Gasteiger partial charge in [-0.25, -0.2) is 0 Å². The standard InChI is InChI=1S/C39H41ClN2O4/c1-24(25-12-8-6-9-13-25)42-29-19-38(2,3)21-31(43)36(29)35(37-30(42)20-39(4,5)22-32(37)44)26-16-17-33(28(40)18-26)46-23-34(45)41-27-14-10-7-11-15-27/h6-18,24,35H,19-23H2,1-5H3,(H,41,45)/t24-/m1/s1. The van der Waals surface area contributed by atoms with Gasteiger partial charge in [-0.3, -0.25) is 14.4 Å². The Balaban J connectivity index is 1.41. The monoisotopic (exact) mass is 636 g/mol. The molecule has 6 rings (SSSR count). The first-order valence-electron chi connectivity index (χ1n) is 16.0. The lowest BCUT2D eigenvalue weighted by molar-refractivity contribution is -0.120. The van der Waals surface area contributed by atoms with Crippen LogP contribution in [0.5, 0.6) is 5.75 Å². The molecule has 6 nitrogen and oxygen atoms in total. The van der Waals surface area contributed by atoms with Crippen LogP contribution in [0.15, 0.2) is 101 Å². The zero-order valence-corrected chi connectivity index (χ0v) is 27.9. The molecule has 46 heavy (non-hydrogen) atoms. The van der Waals surface area contributed by atoms with Crippen LogP contribution in [0.3, 0.4) is 0 Å². The van der Waals surface area contributed by atoms with Crippen LogP contribution in [0, 0.1) is 10.8 Å². The van der Waals surface area contributed by atoms with Gasteiger partial charge < -0.3 is 15.0 Å². The smallest absolute Gasteiger partial charge is 0.262 e. The van der Waals surface area contributed by atoms with Gasteiger partial charge in [-0.05, 0) is 66.0 Å². The van der Waals surface area contributed by atoms with Crippen molar-refractivity contribution in [3.8, 4) is 5.75 Å². The maximum Gasteiger partial charge on any atom is 0.262 e. The number of carbonyl (C=O) groups excluding carboxylic acids is 3. The van der Waals surface area contributed by atoms with Gasteiger partial charge in [0, 0.05) is 47.0 Å². The summed E-state index contributed by atoms with van der Waals surface area (Å²) in [5.74, 6) is -0.329. The number of allylic oxidation sites excluding steroid dienone is 4. The summed E-state index contributed by atoms with van der Waals surface area (Å²) in [6.45, 7) is 10.5. The van der Waals surface area contributed by atoms with E-state index in [0.29, 0.717) is 40.4 Å². The van der Waals surface area contributed by atoms with Crippen LogP contribution in [0.1, 0.15) is 83.4 Å². The van der Waals surface area contributed by atoms with Gasteiger partial charge in [-0.15, -0.1) is 0 Å². The largest absolute Gasteiger partial charge is 0.482 e. The van der Waals surface area contributed by atoms with Crippen molar-refractivity contribution in [2.45, 2.75) is 72.3 Å². The van der Waals surface area contributed by atoms with Crippen molar-refractivity contribution in [3.63, 3.8) is 0 Å². The SMILES string of the molecule is C[C@H](c1ccccc1)N1C2=C(C(=O)CC(C)(C)C2)C(c2ccc(OCC(=O)Nc3ccccc3)c(Cl)c2)C2=C1CC(C)(C)CC2=O. The van der Waals surface area contributed by atoms with Crippen molar-refractivity contribution in [3.05, 3.63) is 118 Å². The van der Waals surface area contributed by atoms with Crippen LogP contribution in [-0.2, 0) is 14.4 Å². The van der Waals surface area contributed by atoms with Gasteiger partial charge in [0.25, 0.3) is 5.91 Å². The highest BCUT2D eigenvalue weighted by Crippen LogP contribution is 2.56. The summed E-state index contributed by atoms with van der Waals surface area (Å²) in [7, 11) is 0. The fourth-order valence-corrected chi connectivity index (χ4v) is 7.60. The molecule has 0 saturated carbocycles. The Labute approximate surface area is 276 Å². The van der Waals surface area contributed by atoms with E-state index in [1.54, 1.807) is 24.3 Å². The highest BCUT2D eigenvalue weighted by molar-refractivity contribution is 6.32. The number of nitrogens with one attached hydrogen (secondary N) is 1. The number of amides is 1. The molecule has 1 N–H and O–H groups in total. The number of para-hydroxylation sites is 1. The van der Waals surface area contributed by atoms with Crippen LogP contribution in [-0.4, -0.2) is 29.0 Å². The van der Waals surface area contributed by atoms with Crippen molar-refractivity contribution in [1.82, 2.24) is 4.90 Å². The summed E-state index contributed by atoms with van der Waals surface area (Å²) < 4.78 is 5.81. The predicted molar refractivity (Wildman–Crippen MR) is 182 cm³/mol. The van der Waals surface area contributed by atoms with Gasteiger partial charge in [0.2, 0.25) is 0 Å². The molecule has 3 aromatic rings. The Kier molecular flexibility index (Phi) is 8.45. The van der Waals surface area contributed by atoms with Crippen molar-refractivity contribution in [2.24, 2.45) is 10.8 Å². The first-order chi connectivity index (χ1) is 21.8. The number of ether oxygens (including phenoxy) is 1. The molecule has 2 aliphatic carbocycles. The maximum absolute atomic E-state index is 14.2. The number of Topliss-reactive ketones (excluding diaryl/α,β-unsaturated/α-hetero) is 2. The number of carbonyl (C=O) groups is 3. The first-order valence-corrected chi connectivity index (χ1v) is 16.4. The van der Waals surface area contributed by atoms with Gasteiger partial charge in [-0.1, -0.05) is 93.9 Å². The third-order valence-corrected chi connectivity index (χ3v) is 9.62. The molecule has 0 spiro atoms. The lowest BCUT2D eigenvalue weighted by Gasteiger charge is -2.51. The second kappa shape index (κ2) is 12.2. The summed E-state index contributed by atoms with van der Waals surface area (Å²) >= 11 is 6.80. The second-order valence-corrected chi connectivity index (χ2v) is 14.8. The number of anilines is 1. The third kappa shape index (κ3) is 6.28. The van der Waals surface area contributed by atoms with E-state index in [2.05, 4.69) is 57.0 Å². The minimum atomic E-state index is -0.524. The minimum Gasteiger partial charge on any atom is -0.482 e. The quantitative estimate of drug-likeness (QED) is 0.280. The lowest BCUT2D eigenvalue weighted by atomic mass is 9.63. The number of nitrogens with zero attached hydrogens (tertiary/aromatic N) is 1. The molecular weight excluding hydrogens is 596 g/mol. The topological polar surface area (TPSA) is 75.7 Å². The Morgan fingerprint density at radius 2 is 1.39 bits per heavy atom. The molecule has 0 radical (unpaired) electrons. The maximum atomic E-state index is 14.2. The highest BCUT2D eigenvalue weighted by Gasteiger charge is 2.50. The van der Waals surface area contributed by atoms with E-state index in [9.17, 15) is 14.4 Å². The minimum absolute atomic E-state index is 0.0676. The lowest BCUT2D eigenvalue weighted by Crippen LogP contribution is -2.45. The molecule has 1 atom stereocenters. The van der Waals surface area contributed by atoms with Crippen LogP contribution >= 0.6 is 11.6 Å². The fourth-order valence-electron chi connectivity index (χ4n) is 7.35. The fraction of sp³-hybridized carbons (Fsp3) is 0.359.